The van der Waals surface area contributed by atoms with Gasteiger partial charge in [0.15, 0.2) is 0 Å². The molecule has 0 saturated heterocycles. The lowest BCUT2D eigenvalue weighted by Gasteiger charge is -2.29. The molecule has 12 heavy (non-hydrogen) atoms. The maximum absolute atomic E-state index is 11.3. The first-order valence-corrected chi connectivity index (χ1v) is 6.69. The second kappa shape index (κ2) is 3.91. The van der Waals surface area contributed by atoms with Gasteiger partial charge in [0.1, 0.15) is 0 Å². The molecule has 0 spiro atoms. The topological polar surface area (TPSA) is 49.3 Å². The van der Waals surface area contributed by atoms with E-state index < -0.39 is 7.37 Å². The van der Waals surface area contributed by atoms with Gasteiger partial charge in [-0.25, -0.2) is 0 Å². The van der Waals surface area contributed by atoms with Crippen molar-refractivity contribution in [2.24, 2.45) is 0 Å². The van der Waals surface area contributed by atoms with Crippen LogP contribution in [0.4, 0.5) is 0 Å². The van der Waals surface area contributed by atoms with Crippen LogP contribution < -0.4 is 5.32 Å². The van der Waals surface area contributed by atoms with Gasteiger partial charge >= 0.3 is 0 Å². The Morgan fingerprint density at radius 1 is 1.33 bits per heavy atom. The number of nitrogens with one attached hydrogen (secondary N) is 1. The minimum Gasteiger partial charge on any atom is -0.344 e. The van der Waals surface area contributed by atoms with E-state index in [1.54, 1.807) is 0 Å². The van der Waals surface area contributed by atoms with Crippen LogP contribution in [0.5, 0.6) is 0 Å². The maximum Gasteiger partial charge on any atom is 0.200 e. The lowest BCUT2D eigenvalue weighted by atomic mass is 9.95. The highest BCUT2D eigenvalue weighted by Gasteiger charge is 2.29. The van der Waals surface area contributed by atoms with Gasteiger partial charge in [-0.1, -0.05) is 0 Å². The highest BCUT2D eigenvalue weighted by atomic mass is 31.2. The lowest BCUT2D eigenvalue weighted by Crippen LogP contribution is -2.31. The third-order valence-corrected chi connectivity index (χ3v) is 4.65. The lowest BCUT2D eigenvalue weighted by molar-refractivity contribution is 0.372. The van der Waals surface area contributed by atoms with E-state index in [0.29, 0.717) is 6.04 Å². The first-order chi connectivity index (χ1) is 5.54. The molecule has 2 N–H and O–H groups in total. The smallest absolute Gasteiger partial charge is 0.200 e. The SMILES string of the molecule is CNC1CCC(P(C)(=O)O)CC1. The minimum atomic E-state index is -2.81. The Morgan fingerprint density at radius 2 is 1.83 bits per heavy atom. The Labute approximate surface area is 74.0 Å². The Bertz CT molecular complexity index is 181. The van der Waals surface area contributed by atoms with Crippen molar-refractivity contribution < 1.29 is 9.46 Å². The summed E-state index contributed by atoms with van der Waals surface area (Å²) in [5.41, 5.74) is 0.0575. The van der Waals surface area contributed by atoms with E-state index in [1.807, 2.05) is 7.05 Å². The minimum absolute atomic E-state index is 0.0575. The molecule has 0 aromatic carbocycles. The molecular weight excluding hydrogens is 173 g/mol. The number of hydrogen-bond donors (Lipinski definition) is 2. The van der Waals surface area contributed by atoms with Crippen LogP contribution in [0, 0.1) is 0 Å². The van der Waals surface area contributed by atoms with Gasteiger partial charge < -0.3 is 10.2 Å². The molecular formula is C8H18NO2P. The van der Waals surface area contributed by atoms with Gasteiger partial charge in [0.25, 0.3) is 0 Å². The first-order valence-electron chi connectivity index (χ1n) is 4.51. The number of hydrogen-bond acceptors (Lipinski definition) is 2. The molecule has 0 heterocycles. The van der Waals surface area contributed by atoms with E-state index in [2.05, 4.69) is 5.32 Å². The van der Waals surface area contributed by atoms with Crippen molar-refractivity contribution in [3.8, 4) is 0 Å². The van der Waals surface area contributed by atoms with Gasteiger partial charge in [-0.2, -0.15) is 0 Å². The van der Waals surface area contributed by atoms with E-state index in [-0.39, 0.29) is 5.66 Å². The van der Waals surface area contributed by atoms with Crippen molar-refractivity contribution in [1.29, 1.82) is 0 Å². The summed E-state index contributed by atoms with van der Waals surface area (Å²) in [6.07, 6.45) is 3.88. The van der Waals surface area contributed by atoms with E-state index in [1.165, 1.54) is 6.66 Å². The third kappa shape index (κ3) is 2.58. The normalized spacial score (nSPS) is 35.9. The van der Waals surface area contributed by atoms with Crippen LogP contribution in [-0.4, -0.2) is 30.3 Å². The summed E-state index contributed by atoms with van der Waals surface area (Å²) in [4.78, 5) is 9.34. The second-order valence-electron chi connectivity index (χ2n) is 3.74. The average Bonchev–Trinajstić information content (AvgIpc) is 2.03. The molecule has 1 unspecified atom stereocenters. The zero-order valence-electron chi connectivity index (χ0n) is 7.79. The molecule has 0 radical (unpaired) electrons. The largest absolute Gasteiger partial charge is 0.344 e. The Hall–Kier alpha value is 0.150. The van der Waals surface area contributed by atoms with E-state index in [9.17, 15) is 9.46 Å². The van der Waals surface area contributed by atoms with Gasteiger partial charge in [-0.3, -0.25) is 4.57 Å². The van der Waals surface area contributed by atoms with E-state index in [4.69, 9.17) is 0 Å². The molecule has 1 atom stereocenters. The van der Waals surface area contributed by atoms with Gasteiger partial charge in [-0.15, -0.1) is 0 Å². The predicted octanol–water partition coefficient (Wildman–Crippen LogP) is 1.42. The van der Waals surface area contributed by atoms with E-state index >= 15 is 0 Å². The first kappa shape index (κ1) is 10.2. The van der Waals surface area contributed by atoms with Gasteiger partial charge in [-0.05, 0) is 32.7 Å². The van der Waals surface area contributed by atoms with Crippen LogP contribution in [0.1, 0.15) is 25.7 Å². The van der Waals surface area contributed by atoms with Gasteiger partial charge in [0.05, 0.1) is 0 Å². The molecule has 1 aliphatic carbocycles. The highest BCUT2D eigenvalue weighted by Crippen LogP contribution is 2.48. The van der Waals surface area contributed by atoms with Crippen molar-refractivity contribution >= 4 is 7.37 Å². The van der Waals surface area contributed by atoms with Crippen LogP contribution in [0.15, 0.2) is 0 Å². The molecule has 1 aliphatic rings. The molecule has 0 aliphatic heterocycles. The molecule has 0 bridgehead atoms. The molecule has 1 rings (SSSR count). The predicted molar refractivity (Wildman–Crippen MR) is 50.9 cm³/mol. The summed E-state index contributed by atoms with van der Waals surface area (Å²) in [5.74, 6) is 0. The van der Waals surface area contributed by atoms with Crippen molar-refractivity contribution in [3.05, 3.63) is 0 Å². The molecule has 1 saturated carbocycles. The summed E-state index contributed by atoms with van der Waals surface area (Å²) < 4.78 is 11.3. The molecule has 3 nitrogen and oxygen atoms in total. The van der Waals surface area contributed by atoms with E-state index in [0.717, 1.165) is 25.7 Å². The maximum atomic E-state index is 11.3. The fourth-order valence-electron chi connectivity index (χ4n) is 1.84. The van der Waals surface area contributed by atoms with Crippen LogP contribution in [-0.2, 0) is 4.57 Å². The molecule has 0 aromatic rings. The zero-order chi connectivity index (χ0) is 9.19. The summed E-state index contributed by atoms with van der Waals surface area (Å²) in [6, 6.07) is 0.563. The monoisotopic (exact) mass is 191 g/mol. The fourth-order valence-corrected chi connectivity index (χ4v) is 3.10. The van der Waals surface area contributed by atoms with Gasteiger partial charge in [0, 0.05) is 18.4 Å². The zero-order valence-corrected chi connectivity index (χ0v) is 8.68. The highest BCUT2D eigenvalue weighted by molar-refractivity contribution is 7.57. The summed E-state index contributed by atoms with van der Waals surface area (Å²) >= 11 is 0. The molecule has 4 heteroatoms. The molecule has 0 amide bonds. The van der Waals surface area contributed by atoms with Crippen molar-refractivity contribution in [2.45, 2.75) is 37.4 Å². The Morgan fingerprint density at radius 3 is 2.17 bits per heavy atom. The quantitative estimate of drug-likeness (QED) is 0.649. The Balaban J connectivity index is 2.41. The molecule has 72 valence electrons. The average molecular weight is 191 g/mol. The van der Waals surface area contributed by atoms with Crippen molar-refractivity contribution in [1.82, 2.24) is 5.32 Å². The Kier molecular flexibility index (Phi) is 3.33. The van der Waals surface area contributed by atoms with Gasteiger partial charge in [0.2, 0.25) is 7.37 Å². The summed E-state index contributed by atoms with van der Waals surface area (Å²) in [6.45, 7) is 1.48. The van der Waals surface area contributed by atoms with Crippen molar-refractivity contribution in [2.75, 3.05) is 13.7 Å². The molecule has 1 fully saturated rings. The molecule has 0 aromatic heterocycles. The van der Waals surface area contributed by atoms with Crippen LogP contribution in [0.25, 0.3) is 0 Å². The van der Waals surface area contributed by atoms with Crippen LogP contribution in [0.2, 0.25) is 0 Å². The second-order valence-corrected chi connectivity index (χ2v) is 6.35. The summed E-state index contributed by atoms with van der Waals surface area (Å²) in [7, 11) is -0.852. The number of rotatable bonds is 2. The standard InChI is InChI=1S/C8H18NO2P/c1-9-7-3-5-8(6-4-7)12(2,10)11/h7-9H,3-6H2,1-2H3,(H,10,11). The van der Waals surface area contributed by atoms with Crippen LogP contribution in [0.3, 0.4) is 0 Å². The van der Waals surface area contributed by atoms with Crippen molar-refractivity contribution in [3.63, 3.8) is 0 Å². The third-order valence-electron chi connectivity index (χ3n) is 2.78. The van der Waals surface area contributed by atoms with Crippen LogP contribution >= 0.6 is 7.37 Å². The summed E-state index contributed by atoms with van der Waals surface area (Å²) in [5, 5.41) is 3.20. The fraction of sp³-hybridized carbons (Fsp3) is 1.00.